The number of hydrogen-bond donors (Lipinski definition) is 2. The Labute approximate surface area is 191 Å². The average Bonchev–Trinajstić information content (AvgIpc) is 3.22. The minimum atomic E-state index is -0.255. The molecule has 3 fully saturated rings. The molecule has 6 rings (SSSR count). The number of fused-ring (bicyclic) bond motifs is 1. The predicted octanol–water partition coefficient (Wildman–Crippen LogP) is 1.14. The van der Waals surface area contributed by atoms with Crippen LogP contribution < -0.4 is 10.2 Å². The van der Waals surface area contributed by atoms with E-state index in [1.165, 1.54) is 0 Å². The number of aliphatic hydroxyl groups is 1. The molecule has 1 aliphatic carbocycles. The molecular weight excluding hydrogens is 420 g/mol. The normalized spacial score (nSPS) is 23.7. The molecule has 0 atom stereocenters. The van der Waals surface area contributed by atoms with Crippen LogP contribution in [-0.2, 0) is 4.74 Å². The summed E-state index contributed by atoms with van der Waals surface area (Å²) in [5.74, 6) is 1.41. The maximum atomic E-state index is 9.68. The van der Waals surface area contributed by atoms with E-state index in [-0.39, 0.29) is 12.1 Å². The number of benzene rings is 1. The summed E-state index contributed by atoms with van der Waals surface area (Å²) >= 11 is 0. The van der Waals surface area contributed by atoms with Crippen LogP contribution in [0.1, 0.15) is 18.4 Å². The lowest BCUT2D eigenvalue weighted by Gasteiger charge is -2.47. The molecule has 2 saturated heterocycles. The zero-order valence-corrected chi connectivity index (χ0v) is 18.3. The molecule has 0 amide bonds. The fourth-order valence-electron chi connectivity index (χ4n) is 4.78. The molecule has 1 saturated carbocycles. The van der Waals surface area contributed by atoms with Crippen LogP contribution in [0.3, 0.4) is 0 Å². The van der Waals surface area contributed by atoms with E-state index in [0.717, 1.165) is 56.3 Å². The lowest BCUT2D eigenvalue weighted by molar-refractivity contribution is 0.0105. The van der Waals surface area contributed by atoms with Gasteiger partial charge in [-0.2, -0.15) is 20.3 Å². The first-order valence-corrected chi connectivity index (χ1v) is 11.5. The van der Waals surface area contributed by atoms with Gasteiger partial charge in [0.25, 0.3) is 0 Å². The molecule has 2 aliphatic heterocycles. The molecular formula is C23H26N8O2. The molecule has 3 aliphatic rings. The minimum Gasteiger partial charge on any atom is -0.393 e. The van der Waals surface area contributed by atoms with E-state index in [9.17, 15) is 10.4 Å². The van der Waals surface area contributed by atoms with Gasteiger partial charge in [0.1, 0.15) is 5.82 Å². The maximum Gasteiger partial charge on any atom is 0.226 e. The summed E-state index contributed by atoms with van der Waals surface area (Å²) in [7, 11) is 0. The van der Waals surface area contributed by atoms with Gasteiger partial charge in [-0.05, 0) is 31.0 Å². The molecule has 2 aromatic heterocycles. The van der Waals surface area contributed by atoms with Crippen molar-refractivity contribution in [2.75, 3.05) is 49.6 Å². The van der Waals surface area contributed by atoms with Gasteiger partial charge in [0.15, 0.2) is 5.65 Å². The van der Waals surface area contributed by atoms with E-state index in [1.54, 1.807) is 10.7 Å². The van der Waals surface area contributed by atoms with Crippen molar-refractivity contribution in [1.82, 2.24) is 24.6 Å². The lowest BCUT2D eigenvalue weighted by atomic mass is 9.90. The number of aliphatic hydroxyl groups excluding tert-OH is 1. The van der Waals surface area contributed by atoms with E-state index < -0.39 is 0 Å². The van der Waals surface area contributed by atoms with Crippen molar-refractivity contribution in [2.45, 2.75) is 31.0 Å². The van der Waals surface area contributed by atoms with Gasteiger partial charge in [-0.15, -0.1) is 0 Å². The zero-order chi connectivity index (χ0) is 22.4. The van der Waals surface area contributed by atoms with E-state index in [4.69, 9.17) is 14.7 Å². The summed E-state index contributed by atoms with van der Waals surface area (Å²) in [6, 6.07) is 10.2. The monoisotopic (exact) mass is 446 g/mol. The summed E-state index contributed by atoms with van der Waals surface area (Å²) in [6.07, 6.45) is 2.95. The van der Waals surface area contributed by atoms with Gasteiger partial charge in [-0.3, -0.25) is 4.90 Å². The largest absolute Gasteiger partial charge is 0.393 e. The quantitative estimate of drug-likeness (QED) is 0.595. The highest BCUT2D eigenvalue weighted by molar-refractivity contribution is 5.89. The van der Waals surface area contributed by atoms with Crippen LogP contribution in [0, 0.1) is 11.3 Å². The summed E-state index contributed by atoms with van der Waals surface area (Å²) in [5, 5.41) is 27.9. The first-order valence-electron chi connectivity index (χ1n) is 11.5. The summed E-state index contributed by atoms with van der Waals surface area (Å²) in [6.45, 7) is 5.35. The van der Waals surface area contributed by atoms with Crippen molar-refractivity contribution in [3.63, 3.8) is 0 Å². The van der Waals surface area contributed by atoms with Gasteiger partial charge < -0.3 is 20.1 Å². The topological polar surface area (TPSA) is 115 Å². The number of rotatable bonds is 5. The highest BCUT2D eigenvalue weighted by atomic mass is 16.5. The number of nitrogens with one attached hydrogen (secondary N) is 1. The van der Waals surface area contributed by atoms with Crippen LogP contribution in [0.2, 0.25) is 0 Å². The van der Waals surface area contributed by atoms with Crippen molar-refractivity contribution in [2.24, 2.45) is 0 Å². The zero-order valence-electron chi connectivity index (χ0n) is 18.3. The third-order valence-electron chi connectivity index (χ3n) is 6.80. The number of ether oxygens (including phenoxy) is 1. The third-order valence-corrected chi connectivity index (χ3v) is 6.80. The SMILES string of the molecule is N#Cc1cccc(-n2ncc3c(N4CC(N5CCOCC5)C4)nc(NC4CC(O)C4)nc32)c1. The second kappa shape index (κ2) is 8.26. The minimum absolute atomic E-state index is 0.168. The van der Waals surface area contributed by atoms with Crippen LogP contribution in [0.4, 0.5) is 11.8 Å². The van der Waals surface area contributed by atoms with Gasteiger partial charge in [0.2, 0.25) is 5.95 Å². The van der Waals surface area contributed by atoms with Crippen molar-refractivity contribution >= 4 is 22.8 Å². The smallest absolute Gasteiger partial charge is 0.226 e. The molecule has 1 aromatic carbocycles. The Morgan fingerprint density at radius 3 is 2.73 bits per heavy atom. The molecule has 4 heterocycles. The molecule has 2 N–H and O–H groups in total. The first-order chi connectivity index (χ1) is 16.2. The number of nitriles is 1. The number of hydrogen-bond acceptors (Lipinski definition) is 9. The number of aromatic nitrogens is 4. The van der Waals surface area contributed by atoms with E-state index in [0.29, 0.717) is 36.0 Å². The fraction of sp³-hybridized carbons (Fsp3) is 0.478. The second-order valence-corrected chi connectivity index (χ2v) is 9.00. The van der Waals surface area contributed by atoms with Gasteiger partial charge in [-0.25, -0.2) is 4.68 Å². The molecule has 0 bridgehead atoms. The summed E-state index contributed by atoms with van der Waals surface area (Å²) in [4.78, 5) is 14.4. The van der Waals surface area contributed by atoms with Crippen molar-refractivity contribution < 1.29 is 9.84 Å². The Morgan fingerprint density at radius 1 is 1.15 bits per heavy atom. The first kappa shape index (κ1) is 20.4. The molecule has 0 spiro atoms. The van der Waals surface area contributed by atoms with E-state index in [2.05, 4.69) is 26.3 Å². The summed E-state index contributed by atoms with van der Waals surface area (Å²) < 4.78 is 7.26. The standard InChI is InChI=1S/C23H26N8O2/c24-11-15-2-1-3-17(8-15)31-22-20(12-25-31)21(27-23(28-22)26-16-9-19(32)10-16)30-13-18(14-30)29-4-6-33-7-5-29/h1-3,8,12,16,18-19,32H,4-7,9-10,13-14H2,(H,26,27,28). The molecule has 33 heavy (non-hydrogen) atoms. The van der Waals surface area contributed by atoms with Gasteiger partial charge in [-0.1, -0.05) is 6.07 Å². The molecule has 0 radical (unpaired) electrons. The Bertz CT molecular complexity index is 1200. The maximum absolute atomic E-state index is 9.68. The van der Waals surface area contributed by atoms with Crippen molar-refractivity contribution in [3.8, 4) is 11.8 Å². The van der Waals surface area contributed by atoms with Gasteiger partial charge in [0, 0.05) is 38.3 Å². The Hall–Kier alpha value is -3.26. The van der Waals surface area contributed by atoms with Gasteiger partial charge in [0.05, 0.1) is 48.2 Å². The Balaban J connectivity index is 1.34. The van der Waals surface area contributed by atoms with Gasteiger partial charge >= 0.3 is 0 Å². The van der Waals surface area contributed by atoms with Crippen molar-refractivity contribution in [1.29, 1.82) is 5.26 Å². The number of nitrogens with zero attached hydrogens (tertiary/aromatic N) is 7. The third kappa shape index (κ3) is 3.78. The van der Waals surface area contributed by atoms with Crippen LogP contribution in [0.5, 0.6) is 0 Å². The van der Waals surface area contributed by atoms with Crippen molar-refractivity contribution in [3.05, 3.63) is 36.0 Å². The number of anilines is 2. The molecule has 170 valence electrons. The molecule has 0 unspecified atom stereocenters. The second-order valence-electron chi connectivity index (χ2n) is 9.00. The van der Waals surface area contributed by atoms with E-state index >= 15 is 0 Å². The lowest BCUT2D eigenvalue weighted by Crippen LogP contribution is -2.61. The average molecular weight is 447 g/mol. The molecule has 10 nitrogen and oxygen atoms in total. The predicted molar refractivity (Wildman–Crippen MR) is 122 cm³/mol. The Morgan fingerprint density at radius 2 is 1.97 bits per heavy atom. The van der Waals surface area contributed by atoms with E-state index in [1.807, 2.05) is 24.4 Å². The summed E-state index contributed by atoms with van der Waals surface area (Å²) in [5.41, 5.74) is 2.06. The highest BCUT2D eigenvalue weighted by Gasteiger charge is 2.35. The molecule has 3 aromatic rings. The fourth-order valence-corrected chi connectivity index (χ4v) is 4.78. The van der Waals surface area contributed by atoms with Crippen LogP contribution in [0.25, 0.3) is 16.7 Å². The Kier molecular flexibility index (Phi) is 5.10. The number of morpholine rings is 1. The van der Waals surface area contributed by atoms with Crippen LogP contribution in [-0.4, -0.2) is 87.3 Å². The molecule has 10 heteroatoms. The van der Waals surface area contributed by atoms with Crippen LogP contribution >= 0.6 is 0 Å². The van der Waals surface area contributed by atoms with Crippen LogP contribution in [0.15, 0.2) is 30.5 Å². The highest BCUT2D eigenvalue weighted by Crippen LogP contribution is 2.32.